The molecule has 0 bridgehead atoms. The van der Waals surface area contributed by atoms with E-state index in [4.69, 9.17) is 5.26 Å². The minimum atomic E-state index is -4.60. The van der Waals surface area contributed by atoms with Gasteiger partial charge in [0.05, 0.1) is 12.5 Å². The third-order valence-corrected chi connectivity index (χ3v) is 3.47. The highest BCUT2D eigenvalue weighted by Crippen LogP contribution is 2.14. The molecule has 0 aromatic heterocycles. The van der Waals surface area contributed by atoms with Gasteiger partial charge in [0.15, 0.2) is 0 Å². The summed E-state index contributed by atoms with van der Waals surface area (Å²) in [6.45, 7) is -0.199. The normalized spacial score (nSPS) is 14.8. The first-order valence-electron chi connectivity index (χ1n) is 4.26. The van der Waals surface area contributed by atoms with Gasteiger partial charge in [-0.3, -0.25) is 0 Å². The van der Waals surface area contributed by atoms with Crippen LogP contribution in [0, 0.1) is 11.3 Å². The highest BCUT2D eigenvalue weighted by atomic mass is 32.2. The van der Waals surface area contributed by atoms with E-state index in [1.807, 2.05) is 0 Å². The van der Waals surface area contributed by atoms with Crippen LogP contribution in [-0.2, 0) is 10.2 Å². The fourth-order valence-corrected chi connectivity index (χ4v) is 1.87. The average Bonchev–Trinajstić information content (AvgIpc) is 2.13. The average molecular weight is 259 g/mol. The molecule has 1 atom stereocenters. The molecule has 0 aliphatic rings. The maximum Gasteiger partial charge on any atom is 0.402 e. The monoisotopic (exact) mass is 259 g/mol. The van der Waals surface area contributed by atoms with Crippen LogP contribution in [0.3, 0.4) is 0 Å². The Morgan fingerprint density at radius 1 is 1.50 bits per heavy atom. The van der Waals surface area contributed by atoms with Gasteiger partial charge in [-0.05, 0) is 6.92 Å². The van der Waals surface area contributed by atoms with Crippen molar-refractivity contribution in [1.82, 2.24) is 9.03 Å². The predicted molar refractivity (Wildman–Crippen MR) is 50.4 cm³/mol. The Morgan fingerprint density at radius 2 is 2.00 bits per heavy atom. The lowest BCUT2D eigenvalue weighted by Crippen LogP contribution is -2.45. The van der Waals surface area contributed by atoms with Gasteiger partial charge in [0.1, 0.15) is 6.54 Å². The molecular formula is C7H12F3N3O2S. The number of alkyl halides is 3. The summed E-state index contributed by atoms with van der Waals surface area (Å²) in [4.78, 5) is 0. The van der Waals surface area contributed by atoms with E-state index in [9.17, 15) is 21.6 Å². The molecule has 5 nitrogen and oxygen atoms in total. The third kappa shape index (κ3) is 5.29. The molecule has 0 aromatic carbocycles. The number of halogens is 3. The fourth-order valence-electron chi connectivity index (χ4n) is 0.772. The summed E-state index contributed by atoms with van der Waals surface area (Å²) in [5.41, 5.74) is 0. The zero-order chi connectivity index (χ0) is 13.0. The number of hydrogen-bond donors (Lipinski definition) is 1. The SMILES string of the molecule is CC(CC#N)N(C)S(=O)(=O)NCC(F)(F)F. The second-order valence-electron chi connectivity index (χ2n) is 3.17. The highest BCUT2D eigenvalue weighted by Gasteiger charge is 2.31. The first kappa shape index (κ1) is 15.2. The lowest BCUT2D eigenvalue weighted by atomic mass is 10.3. The largest absolute Gasteiger partial charge is 0.402 e. The minimum absolute atomic E-state index is 0.0938. The van der Waals surface area contributed by atoms with Crippen molar-refractivity contribution >= 4 is 10.2 Å². The first-order chi connectivity index (χ1) is 7.10. The quantitative estimate of drug-likeness (QED) is 0.786. The maximum atomic E-state index is 11.8. The van der Waals surface area contributed by atoms with E-state index < -0.39 is 29.0 Å². The molecular weight excluding hydrogens is 247 g/mol. The van der Waals surface area contributed by atoms with E-state index >= 15 is 0 Å². The van der Waals surface area contributed by atoms with E-state index in [0.29, 0.717) is 4.31 Å². The van der Waals surface area contributed by atoms with E-state index in [2.05, 4.69) is 0 Å². The summed E-state index contributed by atoms with van der Waals surface area (Å²) in [5, 5.41) is 8.34. The Kier molecular flexibility index (Phi) is 5.18. The molecule has 0 amide bonds. The van der Waals surface area contributed by atoms with Crippen LogP contribution in [0.1, 0.15) is 13.3 Å². The van der Waals surface area contributed by atoms with Gasteiger partial charge < -0.3 is 0 Å². The molecule has 0 aromatic rings. The molecule has 94 valence electrons. The van der Waals surface area contributed by atoms with Crippen LogP contribution < -0.4 is 4.72 Å². The van der Waals surface area contributed by atoms with Crippen molar-refractivity contribution in [2.24, 2.45) is 0 Å². The summed E-state index contributed by atoms with van der Waals surface area (Å²) >= 11 is 0. The zero-order valence-corrected chi connectivity index (χ0v) is 9.56. The molecule has 0 saturated heterocycles. The molecule has 0 rings (SSSR count). The summed E-state index contributed by atoms with van der Waals surface area (Å²) in [6, 6.07) is 1.05. The van der Waals surface area contributed by atoms with Gasteiger partial charge in [0.2, 0.25) is 0 Å². The van der Waals surface area contributed by atoms with Crippen molar-refractivity contribution in [3.05, 3.63) is 0 Å². The third-order valence-electron chi connectivity index (χ3n) is 1.84. The van der Waals surface area contributed by atoms with Gasteiger partial charge in [0.25, 0.3) is 10.2 Å². The molecule has 1 N–H and O–H groups in total. The second kappa shape index (κ2) is 5.47. The second-order valence-corrected chi connectivity index (χ2v) is 4.98. The van der Waals surface area contributed by atoms with Gasteiger partial charge in [-0.15, -0.1) is 0 Å². The topological polar surface area (TPSA) is 73.2 Å². The Balaban J connectivity index is 4.51. The van der Waals surface area contributed by atoms with Gasteiger partial charge in [-0.25, -0.2) is 0 Å². The van der Waals surface area contributed by atoms with E-state index in [0.717, 1.165) is 7.05 Å². The lowest BCUT2D eigenvalue weighted by molar-refractivity contribution is -0.121. The number of rotatable bonds is 5. The van der Waals surface area contributed by atoms with Crippen LogP contribution in [-0.4, -0.2) is 38.5 Å². The Bertz CT molecular complexity index is 360. The number of hydrogen-bond acceptors (Lipinski definition) is 3. The summed E-state index contributed by atoms with van der Waals surface area (Å²) < 4.78 is 60.1. The Labute approximate surface area is 92.0 Å². The standard InChI is InChI=1S/C7H12F3N3O2S/c1-6(3-4-11)13(2)16(14,15)12-5-7(8,9)10/h6,12H,3,5H2,1-2H3. The van der Waals surface area contributed by atoms with Crippen molar-refractivity contribution < 1.29 is 21.6 Å². The van der Waals surface area contributed by atoms with Crippen molar-refractivity contribution in [3.63, 3.8) is 0 Å². The maximum absolute atomic E-state index is 11.8. The van der Waals surface area contributed by atoms with E-state index in [-0.39, 0.29) is 6.42 Å². The molecule has 0 saturated carbocycles. The molecule has 0 heterocycles. The van der Waals surface area contributed by atoms with E-state index in [1.165, 1.54) is 11.6 Å². The molecule has 0 aliphatic carbocycles. The Morgan fingerprint density at radius 3 is 2.38 bits per heavy atom. The highest BCUT2D eigenvalue weighted by molar-refractivity contribution is 7.87. The molecule has 9 heteroatoms. The van der Waals surface area contributed by atoms with Crippen molar-refractivity contribution in [3.8, 4) is 6.07 Å². The van der Waals surface area contributed by atoms with Crippen molar-refractivity contribution in [1.29, 1.82) is 5.26 Å². The van der Waals surface area contributed by atoms with Crippen LogP contribution in [0.25, 0.3) is 0 Å². The molecule has 1 unspecified atom stereocenters. The number of nitrogens with one attached hydrogen (secondary N) is 1. The van der Waals surface area contributed by atoms with E-state index in [1.54, 1.807) is 6.07 Å². The first-order valence-corrected chi connectivity index (χ1v) is 5.70. The predicted octanol–water partition coefficient (Wildman–Crippen LogP) is 0.617. The van der Waals surface area contributed by atoms with Gasteiger partial charge >= 0.3 is 6.18 Å². The number of nitrogens with zero attached hydrogens (tertiary/aromatic N) is 2. The fraction of sp³-hybridized carbons (Fsp3) is 0.857. The summed E-state index contributed by atoms with van der Waals surface area (Å²) in [6.07, 6.45) is -4.70. The Hall–Kier alpha value is -0.850. The molecule has 0 radical (unpaired) electrons. The zero-order valence-electron chi connectivity index (χ0n) is 8.74. The van der Waals surface area contributed by atoms with Crippen LogP contribution in [0.5, 0.6) is 0 Å². The van der Waals surface area contributed by atoms with Crippen LogP contribution in [0.15, 0.2) is 0 Å². The molecule has 0 fully saturated rings. The molecule has 0 spiro atoms. The van der Waals surface area contributed by atoms with Gasteiger partial charge in [-0.1, -0.05) is 0 Å². The lowest BCUT2D eigenvalue weighted by Gasteiger charge is -2.22. The molecule has 0 aliphatic heterocycles. The number of nitriles is 1. The van der Waals surface area contributed by atoms with Gasteiger partial charge in [-0.2, -0.15) is 35.9 Å². The van der Waals surface area contributed by atoms with Crippen LogP contribution >= 0.6 is 0 Å². The van der Waals surface area contributed by atoms with Crippen molar-refractivity contribution in [2.45, 2.75) is 25.6 Å². The van der Waals surface area contributed by atoms with Crippen LogP contribution in [0.4, 0.5) is 13.2 Å². The summed E-state index contributed by atoms with van der Waals surface area (Å²) in [7, 11) is -3.09. The molecule has 16 heavy (non-hydrogen) atoms. The van der Waals surface area contributed by atoms with Gasteiger partial charge in [0, 0.05) is 13.1 Å². The minimum Gasteiger partial charge on any atom is -0.198 e. The van der Waals surface area contributed by atoms with Crippen molar-refractivity contribution in [2.75, 3.05) is 13.6 Å². The van der Waals surface area contributed by atoms with Crippen LogP contribution in [0.2, 0.25) is 0 Å². The summed E-state index contributed by atoms with van der Waals surface area (Å²) in [5.74, 6) is 0. The smallest absolute Gasteiger partial charge is 0.198 e.